The van der Waals surface area contributed by atoms with E-state index < -0.39 is 0 Å². The van der Waals surface area contributed by atoms with Crippen LogP contribution in [0.4, 0.5) is 0 Å². The molecule has 18 heavy (non-hydrogen) atoms. The van der Waals surface area contributed by atoms with E-state index in [0.717, 1.165) is 29.2 Å². The molecular weight excluding hydrogens is 248 g/mol. The molecule has 2 rings (SSSR count). The first-order chi connectivity index (χ1) is 8.20. The summed E-state index contributed by atoms with van der Waals surface area (Å²) in [5.41, 5.74) is 12.7. The molecule has 0 radical (unpaired) electrons. The van der Waals surface area contributed by atoms with E-state index >= 15 is 0 Å². The van der Waals surface area contributed by atoms with Crippen molar-refractivity contribution in [2.45, 2.75) is 18.9 Å². The molecule has 0 aliphatic rings. The van der Waals surface area contributed by atoms with Crippen LogP contribution in [0.3, 0.4) is 0 Å². The smallest absolute Gasteiger partial charge is 0.116 e. The van der Waals surface area contributed by atoms with Crippen LogP contribution in [0.25, 0.3) is 10.8 Å². The van der Waals surface area contributed by atoms with Gasteiger partial charge in [-0.25, -0.2) is 0 Å². The molecule has 0 heterocycles. The van der Waals surface area contributed by atoms with Crippen molar-refractivity contribution < 1.29 is 5.11 Å². The van der Waals surface area contributed by atoms with Crippen LogP contribution in [0, 0.1) is 0 Å². The van der Waals surface area contributed by atoms with Gasteiger partial charge in [0.05, 0.1) is 0 Å². The molecule has 2 aromatic rings. The van der Waals surface area contributed by atoms with E-state index in [4.69, 9.17) is 11.5 Å². The maximum absolute atomic E-state index is 9.39. The Morgan fingerprint density at radius 2 is 1.72 bits per heavy atom. The first-order valence-corrected chi connectivity index (χ1v) is 5.89. The second kappa shape index (κ2) is 6.59. The van der Waals surface area contributed by atoms with Gasteiger partial charge in [-0.2, -0.15) is 0 Å². The molecular formula is C14H19ClN2O. The van der Waals surface area contributed by atoms with E-state index in [1.807, 2.05) is 18.2 Å². The molecule has 0 aliphatic carbocycles. The van der Waals surface area contributed by atoms with Crippen molar-refractivity contribution in [3.63, 3.8) is 0 Å². The number of hydrogen-bond acceptors (Lipinski definition) is 3. The molecule has 1 atom stereocenters. The van der Waals surface area contributed by atoms with E-state index in [1.54, 1.807) is 12.1 Å². The van der Waals surface area contributed by atoms with E-state index in [9.17, 15) is 5.11 Å². The molecule has 0 saturated heterocycles. The van der Waals surface area contributed by atoms with Gasteiger partial charge >= 0.3 is 0 Å². The molecule has 98 valence electrons. The quantitative estimate of drug-likeness (QED) is 0.797. The highest BCUT2D eigenvalue weighted by molar-refractivity contribution is 5.85. The van der Waals surface area contributed by atoms with Crippen molar-refractivity contribution in [1.29, 1.82) is 0 Å². The molecule has 0 fully saturated rings. The number of rotatable bonds is 4. The maximum Gasteiger partial charge on any atom is 0.116 e. The molecule has 0 saturated carbocycles. The van der Waals surface area contributed by atoms with Crippen LogP contribution < -0.4 is 11.5 Å². The minimum atomic E-state index is 0. The van der Waals surface area contributed by atoms with Crippen LogP contribution >= 0.6 is 12.4 Å². The van der Waals surface area contributed by atoms with E-state index in [0.29, 0.717) is 6.54 Å². The third-order valence-corrected chi connectivity index (χ3v) is 3.00. The fourth-order valence-corrected chi connectivity index (χ4v) is 1.99. The van der Waals surface area contributed by atoms with Gasteiger partial charge in [0.2, 0.25) is 0 Å². The average Bonchev–Trinajstić information content (AvgIpc) is 2.35. The second-order valence-corrected chi connectivity index (χ2v) is 4.33. The number of phenolic OH excluding ortho intramolecular Hbond substituents is 1. The normalized spacial score (nSPS) is 12.1. The number of phenols is 1. The van der Waals surface area contributed by atoms with E-state index in [2.05, 4.69) is 6.07 Å². The summed E-state index contributed by atoms with van der Waals surface area (Å²) in [6, 6.07) is 11.5. The summed E-state index contributed by atoms with van der Waals surface area (Å²) in [6.07, 6.45) is 1.84. The number of aromatic hydroxyl groups is 1. The van der Waals surface area contributed by atoms with Crippen molar-refractivity contribution in [3.8, 4) is 5.75 Å². The molecule has 4 heteroatoms. The number of benzene rings is 2. The Bertz CT molecular complexity index is 516. The van der Waals surface area contributed by atoms with Crippen LogP contribution in [0.2, 0.25) is 0 Å². The lowest BCUT2D eigenvalue weighted by atomic mass is 9.99. The predicted molar refractivity (Wildman–Crippen MR) is 78.1 cm³/mol. The molecule has 0 aromatic heterocycles. The lowest BCUT2D eigenvalue weighted by Gasteiger charge is -2.12. The van der Waals surface area contributed by atoms with Crippen LogP contribution in [0.1, 0.15) is 24.4 Å². The summed E-state index contributed by atoms with van der Waals surface area (Å²) in [7, 11) is 0. The third-order valence-electron chi connectivity index (χ3n) is 3.00. The predicted octanol–water partition coefficient (Wildman–Crippen LogP) is 2.71. The Morgan fingerprint density at radius 3 is 2.44 bits per heavy atom. The minimum Gasteiger partial charge on any atom is -0.508 e. The van der Waals surface area contributed by atoms with Crippen LogP contribution in [0.15, 0.2) is 36.4 Å². The summed E-state index contributed by atoms with van der Waals surface area (Å²) in [5.74, 6) is 0.290. The lowest BCUT2D eigenvalue weighted by molar-refractivity contribution is 0.476. The standard InChI is InChI=1S/C14H18N2O.ClH/c15-7-1-2-14(16)12-4-3-11-9-13(17)6-5-10(11)8-12;/h3-6,8-9,14,17H,1-2,7,15-16H2;1H/t14-;/m0./s1. The van der Waals surface area contributed by atoms with Gasteiger partial charge in [0.15, 0.2) is 0 Å². The first-order valence-electron chi connectivity index (χ1n) is 5.89. The van der Waals surface area contributed by atoms with Gasteiger partial charge in [0.1, 0.15) is 5.75 Å². The molecule has 0 spiro atoms. The molecule has 0 aliphatic heterocycles. The van der Waals surface area contributed by atoms with Crippen molar-refractivity contribution in [3.05, 3.63) is 42.0 Å². The fraction of sp³-hybridized carbons (Fsp3) is 0.286. The van der Waals surface area contributed by atoms with Gasteiger partial charge in [0, 0.05) is 6.04 Å². The SMILES string of the molecule is Cl.NCCC[C@H](N)c1ccc2cc(O)ccc2c1. The number of hydrogen-bond donors (Lipinski definition) is 3. The Balaban J connectivity index is 0.00000162. The Hall–Kier alpha value is -1.29. The molecule has 5 N–H and O–H groups in total. The summed E-state index contributed by atoms with van der Waals surface area (Å²) in [6.45, 7) is 0.676. The highest BCUT2D eigenvalue weighted by atomic mass is 35.5. The highest BCUT2D eigenvalue weighted by Gasteiger charge is 2.06. The Labute approximate surface area is 113 Å². The summed E-state index contributed by atoms with van der Waals surface area (Å²) in [5, 5.41) is 11.5. The van der Waals surface area contributed by atoms with Crippen molar-refractivity contribution in [2.75, 3.05) is 6.54 Å². The third kappa shape index (κ3) is 3.35. The van der Waals surface area contributed by atoms with Crippen molar-refractivity contribution in [1.82, 2.24) is 0 Å². The van der Waals surface area contributed by atoms with E-state index in [1.165, 1.54) is 0 Å². The van der Waals surface area contributed by atoms with Crippen molar-refractivity contribution >= 4 is 23.2 Å². The van der Waals surface area contributed by atoms with E-state index in [-0.39, 0.29) is 24.2 Å². The topological polar surface area (TPSA) is 72.3 Å². The fourth-order valence-electron chi connectivity index (χ4n) is 1.99. The zero-order valence-corrected chi connectivity index (χ0v) is 11.0. The molecule has 0 unspecified atom stereocenters. The molecule has 0 bridgehead atoms. The molecule has 2 aromatic carbocycles. The largest absolute Gasteiger partial charge is 0.508 e. The lowest BCUT2D eigenvalue weighted by Crippen LogP contribution is -2.12. The minimum absolute atomic E-state index is 0. The van der Waals surface area contributed by atoms with Crippen LogP contribution in [-0.4, -0.2) is 11.7 Å². The van der Waals surface area contributed by atoms with Crippen LogP contribution in [0.5, 0.6) is 5.75 Å². The zero-order chi connectivity index (χ0) is 12.3. The van der Waals surface area contributed by atoms with Crippen LogP contribution in [-0.2, 0) is 0 Å². The van der Waals surface area contributed by atoms with Gasteiger partial charge in [-0.1, -0.05) is 18.2 Å². The van der Waals surface area contributed by atoms with Gasteiger partial charge in [-0.3, -0.25) is 0 Å². The molecule has 0 amide bonds. The van der Waals surface area contributed by atoms with Crippen molar-refractivity contribution in [2.24, 2.45) is 11.5 Å². The summed E-state index contributed by atoms with van der Waals surface area (Å²) >= 11 is 0. The van der Waals surface area contributed by atoms with Gasteiger partial charge < -0.3 is 16.6 Å². The monoisotopic (exact) mass is 266 g/mol. The maximum atomic E-state index is 9.39. The van der Waals surface area contributed by atoms with Gasteiger partial charge in [-0.15, -0.1) is 12.4 Å². The molecule has 3 nitrogen and oxygen atoms in total. The van der Waals surface area contributed by atoms with Gasteiger partial charge in [-0.05, 0) is 53.9 Å². The summed E-state index contributed by atoms with van der Waals surface area (Å²) in [4.78, 5) is 0. The average molecular weight is 267 g/mol. The number of fused-ring (bicyclic) bond motifs is 1. The Morgan fingerprint density at radius 1 is 1.06 bits per heavy atom. The summed E-state index contributed by atoms with van der Waals surface area (Å²) < 4.78 is 0. The Kier molecular flexibility index (Phi) is 5.41. The highest BCUT2D eigenvalue weighted by Crippen LogP contribution is 2.24. The number of nitrogens with two attached hydrogens (primary N) is 2. The zero-order valence-electron chi connectivity index (χ0n) is 10.2. The number of halogens is 1. The second-order valence-electron chi connectivity index (χ2n) is 4.33. The first kappa shape index (κ1) is 14.8. The van der Waals surface area contributed by atoms with Gasteiger partial charge in [0.25, 0.3) is 0 Å².